The number of ether oxygens (including phenoxy) is 1. The third kappa shape index (κ3) is 2.13. The van der Waals surface area contributed by atoms with E-state index in [4.69, 9.17) is 9.84 Å². The van der Waals surface area contributed by atoms with Crippen molar-refractivity contribution >= 4 is 16.7 Å². The van der Waals surface area contributed by atoms with Crippen LogP contribution < -0.4 is 10.3 Å². The average Bonchev–Trinajstić information content (AvgIpc) is 2.30. The SMILES string of the molecule is CC(Oc1cccc2c(=O)[nH]ccc12)C(=O)O. The standard InChI is InChI=1S/C12H11NO4/c1-7(12(15)16)17-10-4-2-3-9-8(10)5-6-13-11(9)14/h2-7H,1H3,(H,13,14)(H,15,16). The molecule has 2 rings (SSSR count). The first-order valence-electron chi connectivity index (χ1n) is 5.09. The minimum Gasteiger partial charge on any atom is -0.479 e. The van der Waals surface area contributed by atoms with Gasteiger partial charge < -0.3 is 14.8 Å². The highest BCUT2D eigenvalue weighted by Gasteiger charge is 2.14. The fraction of sp³-hybridized carbons (Fsp3) is 0.167. The number of aliphatic carboxylic acids is 1. The smallest absolute Gasteiger partial charge is 0.344 e. The molecule has 5 heteroatoms. The van der Waals surface area contributed by atoms with E-state index in [-0.39, 0.29) is 5.56 Å². The number of carbonyl (C=O) groups is 1. The maximum Gasteiger partial charge on any atom is 0.344 e. The number of pyridine rings is 1. The van der Waals surface area contributed by atoms with Gasteiger partial charge in [-0.1, -0.05) is 6.07 Å². The zero-order chi connectivity index (χ0) is 12.4. The highest BCUT2D eigenvalue weighted by Crippen LogP contribution is 2.23. The number of aromatic amines is 1. The molecule has 0 saturated heterocycles. The average molecular weight is 233 g/mol. The monoisotopic (exact) mass is 233 g/mol. The molecule has 0 spiro atoms. The molecule has 0 saturated carbocycles. The van der Waals surface area contributed by atoms with E-state index < -0.39 is 12.1 Å². The Bertz CT molecular complexity index is 617. The Morgan fingerprint density at radius 1 is 1.35 bits per heavy atom. The summed E-state index contributed by atoms with van der Waals surface area (Å²) in [5.41, 5.74) is -0.226. The number of H-pyrrole nitrogens is 1. The van der Waals surface area contributed by atoms with E-state index in [2.05, 4.69) is 4.98 Å². The Labute approximate surface area is 96.7 Å². The molecule has 1 unspecified atom stereocenters. The quantitative estimate of drug-likeness (QED) is 0.839. The van der Waals surface area contributed by atoms with Crippen molar-refractivity contribution in [3.8, 4) is 5.75 Å². The number of carboxylic acid groups (broad SMARTS) is 1. The largest absolute Gasteiger partial charge is 0.479 e. The lowest BCUT2D eigenvalue weighted by molar-refractivity contribution is -0.144. The minimum atomic E-state index is -1.05. The van der Waals surface area contributed by atoms with Gasteiger partial charge in [0, 0.05) is 11.6 Å². The van der Waals surface area contributed by atoms with Crippen molar-refractivity contribution in [2.24, 2.45) is 0 Å². The predicted molar refractivity (Wildman–Crippen MR) is 62.3 cm³/mol. The maximum atomic E-state index is 11.5. The van der Waals surface area contributed by atoms with E-state index in [1.54, 1.807) is 24.3 Å². The number of benzene rings is 1. The number of hydrogen-bond donors (Lipinski definition) is 2. The molecule has 0 aliphatic carbocycles. The third-order valence-electron chi connectivity index (χ3n) is 2.43. The molecular weight excluding hydrogens is 222 g/mol. The highest BCUT2D eigenvalue weighted by atomic mass is 16.5. The van der Waals surface area contributed by atoms with Crippen molar-refractivity contribution in [3.05, 3.63) is 40.8 Å². The van der Waals surface area contributed by atoms with Crippen LogP contribution >= 0.6 is 0 Å². The van der Waals surface area contributed by atoms with Crippen LogP contribution in [0.2, 0.25) is 0 Å². The Kier molecular flexibility index (Phi) is 2.82. The van der Waals surface area contributed by atoms with E-state index in [1.807, 2.05) is 0 Å². The van der Waals surface area contributed by atoms with Crippen LogP contribution in [0.3, 0.4) is 0 Å². The van der Waals surface area contributed by atoms with E-state index in [9.17, 15) is 9.59 Å². The van der Waals surface area contributed by atoms with Crippen molar-refractivity contribution in [2.75, 3.05) is 0 Å². The molecule has 1 heterocycles. The molecule has 0 fully saturated rings. The molecule has 1 aromatic carbocycles. The summed E-state index contributed by atoms with van der Waals surface area (Å²) in [5, 5.41) is 9.85. The first-order valence-corrected chi connectivity index (χ1v) is 5.09. The van der Waals surface area contributed by atoms with Gasteiger partial charge >= 0.3 is 5.97 Å². The molecule has 0 aliphatic heterocycles. The van der Waals surface area contributed by atoms with Gasteiger partial charge in [0.05, 0.1) is 5.39 Å². The molecule has 1 atom stereocenters. The van der Waals surface area contributed by atoms with Gasteiger partial charge in [0.1, 0.15) is 5.75 Å². The van der Waals surface area contributed by atoms with Gasteiger partial charge in [0.15, 0.2) is 6.10 Å². The Morgan fingerprint density at radius 2 is 2.12 bits per heavy atom. The molecule has 88 valence electrons. The molecule has 0 amide bonds. The van der Waals surface area contributed by atoms with Gasteiger partial charge in [0.25, 0.3) is 5.56 Å². The number of nitrogens with one attached hydrogen (secondary N) is 1. The maximum absolute atomic E-state index is 11.5. The normalized spacial score (nSPS) is 12.3. The van der Waals surface area contributed by atoms with Crippen molar-refractivity contribution in [1.82, 2.24) is 4.98 Å². The summed E-state index contributed by atoms with van der Waals surface area (Å²) in [5.74, 6) is -0.657. The van der Waals surface area contributed by atoms with Gasteiger partial charge in [-0.25, -0.2) is 4.79 Å². The number of fused-ring (bicyclic) bond motifs is 1. The first-order chi connectivity index (χ1) is 8.09. The molecule has 17 heavy (non-hydrogen) atoms. The topological polar surface area (TPSA) is 79.4 Å². The summed E-state index contributed by atoms with van der Waals surface area (Å²) in [6, 6.07) is 6.63. The predicted octanol–water partition coefficient (Wildman–Crippen LogP) is 1.38. The Morgan fingerprint density at radius 3 is 2.82 bits per heavy atom. The third-order valence-corrected chi connectivity index (χ3v) is 2.43. The first kappa shape index (κ1) is 11.2. The number of hydrogen-bond acceptors (Lipinski definition) is 3. The summed E-state index contributed by atoms with van der Waals surface area (Å²) in [6.07, 6.45) is 0.544. The van der Waals surface area contributed by atoms with Gasteiger partial charge in [-0.2, -0.15) is 0 Å². The van der Waals surface area contributed by atoms with Crippen LogP contribution in [0.5, 0.6) is 5.75 Å². The van der Waals surface area contributed by atoms with Crippen molar-refractivity contribution < 1.29 is 14.6 Å². The van der Waals surface area contributed by atoms with Crippen LogP contribution in [-0.2, 0) is 4.79 Å². The van der Waals surface area contributed by atoms with Crippen molar-refractivity contribution in [3.63, 3.8) is 0 Å². The highest BCUT2D eigenvalue weighted by molar-refractivity contribution is 5.87. The molecule has 2 aromatic rings. The van der Waals surface area contributed by atoms with E-state index in [1.165, 1.54) is 13.1 Å². The summed E-state index contributed by atoms with van der Waals surface area (Å²) in [4.78, 5) is 24.8. The Balaban J connectivity index is 2.52. The lowest BCUT2D eigenvalue weighted by Crippen LogP contribution is -2.23. The molecule has 0 aliphatic rings. The summed E-state index contributed by atoms with van der Waals surface area (Å²) < 4.78 is 5.29. The fourth-order valence-electron chi connectivity index (χ4n) is 1.54. The molecule has 0 bridgehead atoms. The Hall–Kier alpha value is -2.30. The summed E-state index contributed by atoms with van der Waals surface area (Å²) >= 11 is 0. The number of aromatic nitrogens is 1. The second kappa shape index (κ2) is 4.29. The minimum absolute atomic E-state index is 0.226. The van der Waals surface area contributed by atoms with Crippen LogP contribution in [0, 0.1) is 0 Å². The summed E-state index contributed by atoms with van der Waals surface area (Å²) in [6.45, 7) is 1.44. The molecular formula is C12H11NO4. The number of carboxylic acids is 1. The van der Waals surface area contributed by atoms with Crippen LogP contribution in [0.4, 0.5) is 0 Å². The molecule has 1 aromatic heterocycles. The zero-order valence-corrected chi connectivity index (χ0v) is 9.14. The van der Waals surface area contributed by atoms with Crippen molar-refractivity contribution in [2.45, 2.75) is 13.0 Å². The van der Waals surface area contributed by atoms with E-state index >= 15 is 0 Å². The van der Waals surface area contributed by atoms with Gasteiger partial charge in [0.2, 0.25) is 0 Å². The van der Waals surface area contributed by atoms with Crippen LogP contribution in [0.25, 0.3) is 10.8 Å². The molecule has 5 nitrogen and oxygen atoms in total. The van der Waals surface area contributed by atoms with Gasteiger partial charge in [-0.15, -0.1) is 0 Å². The lowest BCUT2D eigenvalue weighted by atomic mass is 10.1. The lowest BCUT2D eigenvalue weighted by Gasteiger charge is -2.12. The van der Waals surface area contributed by atoms with Gasteiger partial charge in [-0.3, -0.25) is 4.79 Å². The number of rotatable bonds is 3. The van der Waals surface area contributed by atoms with Crippen molar-refractivity contribution in [1.29, 1.82) is 0 Å². The van der Waals surface area contributed by atoms with E-state index in [0.717, 1.165) is 0 Å². The second-order valence-electron chi connectivity index (χ2n) is 3.62. The molecule has 0 radical (unpaired) electrons. The van der Waals surface area contributed by atoms with E-state index in [0.29, 0.717) is 16.5 Å². The second-order valence-corrected chi connectivity index (χ2v) is 3.62. The van der Waals surface area contributed by atoms with Crippen LogP contribution in [0.1, 0.15) is 6.92 Å². The molecule has 2 N–H and O–H groups in total. The van der Waals surface area contributed by atoms with Gasteiger partial charge in [-0.05, 0) is 25.1 Å². The zero-order valence-electron chi connectivity index (χ0n) is 9.14. The fourth-order valence-corrected chi connectivity index (χ4v) is 1.54. The summed E-state index contributed by atoms with van der Waals surface area (Å²) in [7, 11) is 0. The van der Waals surface area contributed by atoms with Crippen LogP contribution in [0.15, 0.2) is 35.3 Å². The van der Waals surface area contributed by atoms with Crippen LogP contribution in [-0.4, -0.2) is 22.2 Å².